The third-order valence-electron chi connectivity index (χ3n) is 3.45. The Labute approximate surface area is 123 Å². The Balaban J connectivity index is 3.94. The number of carbonyl (C=O) groups is 2. The molecule has 0 atom stereocenters. The third-order valence-corrected chi connectivity index (χ3v) is 3.45. The summed E-state index contributed by atoms with van der Waals surface area (Å²) in [5.74, 6) is -0.922. The first-order valence-corrected chi connectivity index (χ1v) is 8.11. The minimum atomic E-state index is -0.917. The van der Waals surface area contributed by atoms with Crippen molar-refractivity contribution in [2.45, 2.75) is 78.1 Å². The number of nitrogens with zero attached hydrogens (tertiary/aromatic N) is 1. The van der Waals surface area contributed by atoms with Gasteiger partial charge in [-0.15, -0.1) is 0 Å². The number of rotatable bonds is 13. The van der Waals surface area contributed by atoms with Crippen LogP contribution in [0.3, 0.4) is 0 Å². The Morgan fingerprint density at radius 1 is 0.850 bits per heavy atom. The summed E-state index contributed by atoms with van der Waals surface area (Å²) in [5.41, 5.74) is 0. The lowest BCUT2D eigenvalue weighted by molar-refractivity contribution is -0.144. The second kappa shape index (κ2) is 12.9. The van der Waals surface area contributed by atoms with Crippen LogP contribution in [0.1, 0.15) is 78.1 Å². The molecule has 4 heteroatoms. The van der Waals surface area contributed by atoms with E-state index in [0.29, 0.717) is 13.0 Å². The highest BCUT2D eigenvalue weighted by Gasteiger charge is 2.15. The molecule has 0 aromatic heterocycles. The first-order valence-electron chi connectivity index (χ1n) is 8.11. The molecule has 0 rings (SSSR count). The van der Waals surface area contributed by atoms with Crippen molar-refractivity contribution < 1.29 is 14.7 Å². The second-order valence-corrected chi connectivity index (χ2v) is 5.43. The summed E-state index contributed by atoms with van der Waals surface area (Å²) in [6.45, 7) is 4.71. The monoisotopic (exact) mass is 285 g/mol. The first kappa shape index (κ1) is 18.9. The van der Waals surface area contributed by atoms with E-state index in [1.165, 1.54) is 30.6 Å². The van der Waals surface area contributed by atoms with Gasteiger partial charge in [0.2, 0.25) is 5.91 Å². The van der Waals surface area contributed by atoms with Gasteiger partial charge >= 0.3 is 5.97 Å². The minimum Gasteiger partial charge on any atom is -0.480 e. The van der Waals surface area contributed by atoms with E-state index in [0.717, 1.165) is 32.1 Å². The fourth-order valence-electron chi connectivity index (χ4n) is 2.22. The summed E-state index contributed by atoms with van der Waals surface area (Å²) in [5, 5.41) is 8.88. The Kier molecular flexibility index (Phi) is 12.3. The summed E-state index contributed by atoms with van der Waals surface area (Å²) >= 11 is 0. The molecule has 0 radical (unpaired) electrons. The Morgan fingerprint density at radius 2 is 1.40 bits per heavy atom. The fraction of sp³-hybridized carbons (Fsp3) is 0.875. The molecule has 118 valence electrons. The van der Waals surface area contributed by atoms with E-state index < -0.39 is 5.97 Å². The lowest BCUT2D eigenvalue weighted by Gasteiger charge is -2.20. The molecule has 0 aromatic rings. The van der Waals surface area contributed by atoms with Crippen molar-refractivity contribution in [2.24, 2.45) is 0 Å². The van der Waals surface area contributed by atoms with Crippen LogP contribution in [-0.2, 0) is 9.59 Å². The number of hydrogen-bond acceptors (Lipinski definition) is 2. The smallest absolute Gasteiger partial charge is 0.323 e. The molecule has 20 heavy (non-hydrogen) atoms. The number of amides is 1. The van der Waals surface area contributed by atoms with Crippen molar-refractivity contribution in [1.29, 1.82) is 0 Å². The van der Waals surface area contributed by atoms with Crippen molar-refractivity contribution in [3.63, 3.8) is 0 Å². The summed E-state index contributed by atoms with van der Waals surface area (Å²) in [7, 11) is 0. The second-order valence-electron chi connectivity index (χ2n) is 5.43. The molecule has 0 fully saturated rings. The minimum absolute atomic E-state index is 0.00518. The topological polar surface area (TPSA) is 57.6 Å². The zero-order chi connectivity index (χ0) is 15.2. The van der Waals surface area contributed by atoms with Gasteiger partial charge in [-0.05, 0) is 12.8 Å². The molecule has 0 saturated heterocycles. The normalized spacial score (nSPS) is 10.5. The van der Waals surface area contributed by atoms with E-state index in [4.69, 9.17) is 5.11 Å². The standard InChI is InChI=1S/C16H31NO3/c1-3-5-7-8-9-11-13-17(14-16(19)20)15(18)12-10-6-4-2/h3-14H2,1-2H3,(H,19,20). The third kappa shape index (κ3) is 10.8. The van der Waals surface area contributed by atoms with E-state index in [-0.39, 0.29) is 12.5 Å². The molecular weight excluding hydrogens is 254 g/mol. The molecule has 0 heterocycles. The van der Waals surface area contributed by atoms with Crippen molar-refractivity contribution >= 4 is 11.9 Å². The van der Waals surface area contributed by atoms with Crippen LogP contribution in [0.2, 0.25) is 0 Å². The van der Waals surface area contributed by atoms with Gasteiger partial charge in [0.05, 0.1) is 0 Å². The number of unbranched alkanes of at least 4 members (excludes halogenated alkanes) is 7. The molecule has 0 spiro atoms. The lowest BCUT2D eigenvalue weighted by atomic mass is 10.1. The molecule has 0 aliphatic rings. The maximum absolute atomic E-state index is 12.0. The van der Waals surface area contributed by atoms with Gasteiger partial charge in [0.15, 0.2) is 0 Å². The van der Waals surface area contributed by atoms with E-state index >= 15 is 0 Å². The van der Waals surface area contributed by atoms with Crippen molar-refractivity contribution in [1.82, 2.24) is 4.90 Å². The van der Waals surface area contributed by atoms with Gasteiger partial charge in [-0.25, -0.2) is 0 Å². The van der Waals surface area contributed by atoms with Crippen LogP contribution in [0, 0.1) is 0 Å². The van der Waals surface area contributed by atoms with Gasteiger partial charge in [-0.2, -0.15) is 0 Å². The van der Waals surface area contributed by atoms with Gasteiger partial charge in [-0.3, -0.25) is 9.59 Å². The van der Waals surface area contributed by atoms with Gasteiger partial charge in [0.25, 0.3) is 0 Å². The molecule has 1 amide bonds. The first-order chi connectivity index (χ1) is 9.61. The number of hydrogen-bond donors (Lipinski definition) is 1. The average Bonchev–Trinajstić information content (AvgIpc) is 2.41. The van der Waals surface area contributed by atoms with Gasteiger partial charge in [-0.1, -0.05) is 58.8 Å². The molecule has 0 aliphatic carbocycles. The molecule has 0 bridgehead atoms. The quantitative estimate of drug-likeness (QED) is 0.523. The van der Waals surface area contributed by atoms with Crippen molar-refractivity contribution in [2.75, 3.05) is 13.1 Å². The Bertz CT molecular complexity index is 266. The van der Waals surface area contributed by atoms with E-state index in [9.17, 15) is 9.59 Å². The molecule has 4 nitrogen and oxygen atoms in total. The maximum Gasteiger partial charge on any atom is 0.323 e. The predicted octanol–water partition coefficient (Wildman–Crippen LogP) is 3.84. The summed E-state index contributed by atoms with van der Waals surface area (Å²) in [6.07, 6.45) is 10.3. The summed E-state index contributed by atoms with van der Waals surface area (Å²) in [4.78, 5) is 24.3. The van der Waals surface area contributed by atoms with Gasteiger partial charge < -0.3 is 10.0 Å². The predicted molar refractivity (Wildman–Crippen MR) is 81.7 cm³/mol. The summed E-state index contributed by atoms with van der Waals surface area (Å²) < 4.78 is 0. The molecule has 0 saturated carbocycles. The molecule has 0 unspecified atom stereocenters. The Hall–Kier alpha value is -1.06. The highest BCUT2D eigenvalue weighted by Crippen LogP contribution is 2.08. The highest BCUT2D eigenvalue weighted by atomic mass is 16.4. The van der Waals surface area contributed by atoms with Crippen molar-refractivity contribution in [3.05, 3.63) is 0 Å². The largest absolute Gasteiger partial charge is 0.480 e. The maximum atomic E-state index is 12.0. The zero-order valence-electron chi connectivity index (χ0n) is 13.2. The van der Waals surface area contributed by atoms with E-state index in [1.54, 1.807) is 0 Å². The van der Waals surface area contributed by atoms with Crippen LogP contribution in [-0.4, -0.2) is 35.0 Å². The van der Waals surface area contributed by atoms with Crippen LogP contribution in [0.25, 0.3) is 0 Å². The molecule has 1 N–H and O–H groups in total. The number of carbonyl (C=O) groups excluding carboxylic acids is 1. The highest BCUT2D eigenvalue weighted by molar-refractivity contribution is 5.81. The SMILES string of the molecule is CCCCCCCCN(CC(=O)O)C(=O)CCCCC. The number of carboxylic acid groups (broad SMARTS) is 1. The van der Waals surface area contributed by atoms with Crippen LogP contribution in [0.5, 0.6) is 0 Å². The van der Waals surface area contributed by atoms with Crippen LogP contribution in [0.4, 0.5) is 0 Å². The molecule has 0 aromatic carbocycles. The van der Waals surface area contributed by atoms with Gasteiger partial charge in [0.1, 0.15) is 6.54 Å². The van der Waals surface area contributed by atoms with Crippen molar-refractivity contribution in [3.8, 4) is 0 Å². The van der Waals surface area contributed by atoms with Crippen LogP contribution in [0.15, 0.2) is 0 Å². The van der Waals surface area contributed by atoms with E-state index in [2.05, 4.69) is 13.8 Å². The zero-order valence-corrected chi connectivity index (χ0v) is 13.2. The Morgan fingerprint density at radius 3 is 2.00 bits per heavy atom. The molecular formula is C16H31NO3. The fourth-order valence-corrected chi connectivity index (χ4v) is 2.22. The number of aliphatic carboxylic acids is 1. The molecule has 0 aliphatic heterocycles. The van der Waals surface area contributed by atoms with Crippen LogP contribution >= 0.6 is 0 Å². The average molecular weight is 285 g/mol. The lowest BCUT2D eigenvalue weighted by Crippen LogP contribution is -2.36. The van der Waals surface area contributed by atoms with Gasteiger partial charge in [0, 0.05) is 13.0 Å². The number of carboxylic acids is 1. The van der Waals surface area contributed by atoms with E-state index in [1.807, 2.05) is 0 Å². The van der Waals surface area contributed by atoms with Crippen LogP contribution < -0.4 is 0 Å². The summed E-state index contributed by atoms with van der Waals surface area (Å²) in [6, 6.07) is 0.